The van der Waals surface area contributed by atoms with Crippen molar-refractivity contribution in [2.24, 2.45) is 0 Å². The van der Waals surface area contributed by atoms with Gasteiger partial charge >= 0.3 is 6.03 Å². The van der Waals surface area contributed by atoms with E-state index in [0.29, 0.717) is 17.0 Å². The Morgan fingerprint density at radius 3 is 2.17 bits per heavy atom. The highest BCUT2D eigenvalue weighted by molar-refractivity contribution is 7.89. The largest absolute Gasteiger partial charge is 0.338 e. The smallest absolute Gasteiger partial charge is 0.325 e. The Morgan fingerprint density at radius 1 is 1.00 bits per heavy atom. The molecule has 4 amide bonds. The Kier molecular flexibility index (Phi) is 6.90. The molecule has 2 aromatic carbocycles. The molecule has 0 radical (unpaired) electrons. The number of urea groups is 1. The number of carbonyl (C=O) groups is 3. The number of aryl methyl sites for hydroxylation is 1. The highest BCUT2D eigenvalue weighted by Gasteiger charge is 2.52. The van der Waals surface area contributed by atoms with Crippen LogP contribution in [0, 0.1) is 6.92 Å². The number of hydrogen-bond acceptors (Lipinski definition) is 5. The summed E-state index contributed by atoms with van der Waals surface area (Å²) in [4.78, 5) is 41.6. The van der Waals surface area contributed by atoms with Crippen LogP contribution >= 0.6 is 11.6 Å². The molecule has 2 aliphatic rings. The van der Waals surface area contributed by atoms with Crippen molar-refractivity contribution in [1.82, 2.24) is 19.4 Å². The molecule has 0 spiro atoms. The van der Waals surface area contributed by atoms with Crippen LogP contribution < -0.4 is 5.32 Å². The molecule has 0 aromatic heterocycles. The zero-order valence-electron chi connectivity index (χ0n) is 19.5. The fourth-order valence-corrected chi connectivity index (χ4v) is 5.96. The Morgan fingerprint density at radius 2 is 1.60 bits per heavy atom. The summed E-state index contributed by atoms with van der Waals surface area (Å²) in [5, 5.41) is 3.25. The van der Waals surface area contributed by atoms with E-state index in [0.717, 1.165) is 10.5 Å². The second-order valence-corrected chi connectivity index (χ2v) is 11.1. The van der Waals surface area contributed by atoms with E-state index in [9.17, 15) is 22.8 Å². The Balaban J connectivity index is 1.41. The van der Waals surface area contributed by atoms with Gasteiger partial charge in [-0.15, -0.1) is 0 Å². The predicted octanol–water partition coefficient (Wildman–Crippen LogP) is 2.34. The lowest BCUT2D eigenvalue weighted by molar-refractivity contribution is -0.139. The van der Waals surface area contributed by atoms with E-state index in [1.165, 1.54) is 9.21 Å². The molecule has 0 bridgehead atoms. The van der Waals surface area contributed by atoms with Crippen LogP contribution in [0.2, 0.25) is 5.02 Å². The maximum atomic E-state index is 13.3. The van der Waals surface area contributed by atoms with E-state index >= 15 is 0 Å². The minimum Gasteiger partial charge on any atom is -0.338 e. The number of benzene rings is 2. The van der Waals surface area contributed by atoms with Gasteiger partial charge in [0.05, 0.1) is 4.90 Å². The number of hydrogen-bond donors (Lipinski definition) is 1. The molecule has 2 fully saturated rings. The fourth-order valence-electron chi connectivity index (χ4n) is 4.42. The third-order valence-electron chi connectivity index (χ3n) is 6.59. The van der Waals surface area contributed by atoms with Crippen molar-refractivity contribution in [3.05, 3.63) is 64.7 Å². The number of piperazine rings is 1. The van der Waals surface area contributed by atoms with Gasteiger partial charge in [0, 0.05) is 31.2 Å². The van der Waals surface area contributed by atoms with E-state index in [4.69, 9.17) is 11.6 Å². The van der Waals surface area contributed by atoms with Gasteiger partial charge in [-0.2, -0.15) is 4.31 Å². The van der Waals surface area contributed by atoms with E-state index in [-0.39, 0.29) is 31.1 Å². The van der Waals surface area contributed by atoms with Crippen molar-refractivity contribution in [2.75, 3.05) is 32.7 Å². The second-order valence-electron chi connectivity index (χ2n) is 8.69. The van der Waals surface area contributed by atoms with Crippen LogP contribution in [0.15, 0.2) is 53.4 Å². The van der Waals surface area contributed by atoms with Crippen molar-refractivity contribution in [2.45, 2.75) is 30.7 Å². The van der Waals surface area contributed by atoms with E-state index < -0.39 is 40.0 Å². The first-order valence-electron chi connectivity index (χ1n) is 11.3. The average Bonchev–Trinajstić information content (AvgIpc) is 3.10. The van der Waals surface area contributed by atoms with Crippen LogP contribution in [-0.4, -0.2) is 73.1 Å². The quantitative estimate of drug-likeness (QED) is 0.591. The third-order valence-corrected chi connectivity index (χ3v) is 8.75. The maximum absolute atomic E-state index is 13.3. The molecule has 0 saturated carbocycles. The number of imide groups is 1. The number of sulfonamides is 1. The van der Waals surface area contributed by atoms with Crippen molar-refractivity contribution in [3.63, 3.8) is 0 Å². The minimum absolute atomic E-state index is 0.131. The molecule has 11 heteroatoms. The highest BCUT2D eigenvalue weighted by Crippen LogP contribution is 2.33. The number of amides is 4. The number of nitrogens with one attached hydrogen (secondary N) is 1. The topological polar surface area (TPSA) is 107 Å². The summed E-state index contributed by atoms with van der Waals surface area (Å²) in [6.45, 7) is 3.85. The van der Waals surface area contributed by atoms with Crippen molar-refractivity contribution in [3.8, 4) is 0 Å². The van der Waals surface area contributed by atoms with Gasteiger partial charge in [-0.1, -0.05) is 48.4 Å². The molecule has 35 heavy (non-hydrogen) atoms. The SMILES string of the molecule is CC[C@]1(c2ccc(Cl)cc2)NC(=O)N(CC(=O)N2CCN(S(=O)(=O)c3ccc(C)cc3)CC2)C1=O. The Hall–Kier alpha value is -2.95. The van der Waals surface area contributed by atoms with Crippen LogP contribution in [-0.2, 0) is 25.2 Å². The second kappa shape index (κ2) is 9.60. The number of rotatable bonds is 6. The number of halogens is 1. The summed E-state index contributed by atoms with van der Waals surface area (Å²) in [7, 11) is -3.66. The zero-order valence-corrected chi connectivity index (χ0v) is 21.1. The lowest BCUT2D eigenvalue weighted by Crippen LogP contribution is -2.53. The molecule has 9 nitrogen and oxygen atoms in total. The lowest BCUT2D eigenvalue weighted by atomic mass is 9.87. The van der Waals surface area contributed by atoms with Gasteiger partial charge in [0.25, 0.3) is 5.91 Å². The lowest BCUT2D eigenvalue weighted by Gasteiger charge is -2.34. The van der Waals surface area contributed by atoms with Crippen molar-refractivity contribution < 1.29 is 22.8 Å². The molecular formula is C24H27ClN4O5S. The summed E-state index contributed by atoms with van der Waals surface area (Å²) < 4.78 is 27.2. The molecule has 2 aliphatic heterocycles. The molecule has 0 unspecified atom stereocenters. The standard InChI is InChI=1S/C24H27ClN4O5S/c1-3-24(18-6-8-19(25)9-7-18)22(31)29(23(32)26-24)16-21(30)27-12-14-28(15-13-27)35(33,34)20-10-4-17(2)5-11-20/h4-11H,3,12-16H2,1-2H3,(H,26,32)/t24-/m1/s1. The number of nitrogens with zero attached hydrogens (tertiary/aromatic N) is 3. The van der Waals surface area contributed by atoms with Crippen LogP contribution in [0.5, 0.6) is 0 Å². The Bertz CT molecular complexity index is 1240. The van der Waals surface area contributed by atoms with Crippen molar-refractivity contribution >= 4 is 39.5 Å². The summed E-state index contributed by atoms with van der Waals surface area (Å²) in [5.41, 5.74) is 0.290. The normalized spacial score (nSPS) is 21.3. The average molecular weight is 519 g/mol. The predicted molar refractivity (Wildman–Crippen MR) is 130 cm³/mol. The first kappa shape index (κ1) is 25.2. The summed E-state index contributed by atoms with van der Waals surface area (Å²) in [5.74, 6) is -0.912. The number of carbonyl (C=O) groups excluding carboxylic acids is 3. The molecular weight excluding hydrogens is 492 g/mol. The first-order chi connectivity index (χ1) is 16.6. The van der Waals surface area contributed by atoms with Crippen LogP contribution in [0.3, 0.4) is 0 Å². The highest BCUT2D eigenvalue weighted by atomic mass is 35.5. The molecule has 2 heterocycles. The van der Waals surface area contributed by atoms with E-state index in [1.54, 1.807) is 55.5 Å². The van der Waals surface area contributed by atoms with Crippen LogP contribution in [0.4, 0.5) is 4.79 Å². The molecule has 0 aliphatic carbocycles. The fraction of sp³-hybridized carbons (Fsp3) is 0.375. The van der Waals surface area contributed by atoms with E-state index in [2.05, 4.69) is 5.32 Å². The van der Waals surface area contributed by atoms with Gasteiger partial charge < -0.3 is 10.2 Å². The molecule has 2 aromatic rings. The molecule has 2 saturated heterocycles. The van der Waals surface area contributed by atoms with Gasteiger partial charge in [-0.3, -0.25) is 14.5 Å². The van der Waals surface area contributed by atoms with Gasteiger partial charge in [0.2, 0.25) is 15.9 Å². The van der Waals surface area contributed by atoms with Gasteiger partial charge in [0.1, 0.15) is 12.1 Å². The summed E-state index contributed by atoms with van der Waals surface area (Å²) >= 11 is 5.96. The molecule has 4 rings (SSSR count). The molecule has 1 N–H and O–H groups in total. The van der Waals surface area contributed by atoms with Crippen LogP contribution in [0.25, 0.3) is 0 Å². The Labute approximate surface area is 209 Å². The van der Waals surface area contributed by atoms with Crippen LogP contribution in [0.1, 0.15) is 24.5 Å². The first-order valence-corrected chi connectivity index (χ1v) is 13.1. The molecule has 186 valence electrons. The minimum atomic E-state index is -3.66. The molecule has 1 atom stereocenters. The third kappa shape index (κ3) is 4.65. The van der Waals surface area contributed by atoms with E-state index in [1.807, 2.05) is 6.92 Å². The maximum Gasteiger partial charge on any atom is 0.325 e. The summed E-state index contributed by atoms with van der Waals surface area (Å²) in [6, 6.07) is 12.6. The zero-order chi connectivity index (χ0) is 25.4. The summed E-state index contributed by atoms with van der Waals surface area (Å²) in [6.07, 6.45) is 0.305. The van der Waals surface area contributed by atoms with Crippen molar-refractivity contribution in [1.29, 1.82) is 0 Å². The van der Waals surface area contributed by atoms with Gasteiger partial charge in [0.15, 0.2) is 0 Å². The van der Waals surface area contributed by atoms with Gasteiger partial charge in [-0.05, 0) is 43.2 Å². The monoisotopic (exact) mass is 518 g/mol. The van der Waals surface area contributed by atoms with Gasteiger partial charge in [-0.25, -0.2) is 13.2 Å².